The highest BCUT2D eigenvalue weighted by Gasteiger charge is 2.71. The van der Waals surface area contributed by atoms with Gasteiger partial charge >= 0.3 is 0 Å². The summed E-state index contributed by atoms with van der Waals surface area (Å²) < 4.78 is 25.8. The summed E-state index contributed by atoms with van der Waals surface area (Å²) in [6, 6.07) is 27.8. The third kappa shape index (κ3) is 9.94. The van der Waals surface area contributed by atoms with Crippen molar-refractivity contribution in [3.8, 4) is 0 Å². The van der Waals surface area contributed by atoms with Crippen molar-refractivity contribution in [3.05, 3.63) is 121 Å². The lowest BCUT2D eigenvalue weighted by Crippen LogP contribution is -2.68. The van der Waals surface area contributed by atoms with E-state index in [0.717, 1.165) is 60.2 Å². The second-order valence-corrected chi connectivity index (χ2v) is 28.3. The number of pyridine rings is 3. The Bertz CT molecular complexity index is 3790. The Morgan fingerprint density at radius 3 is 1.65 bits per heavy atom. The Morgan fingerprint density at radius 2 is 1.08 bits per heavy atom. The van der Waals surface area contributed by atoms with Crippen molar-refractivity contribution in [1.29, 1.82) is 0 Å². The number of aliphatic hydroxyl groups is 5. The van der Waals surface area contributed by atoms with E-state index in [1.54, 1.807) is 24.4 Å². The van der Waals surface area contributed by atoms with E-state index in [1.165, 1.54) is 18.0 Å². The third-order valence-corrected chi connectivity index (χ3v) is 22.8. The number of hydrogen-bond acceptors (Lipinski definition) is 16. The highest BCUT2D eigenvalue weighted by molar-refractivity contribution is 5.99. The van der Waals surface area contributed by atoms with Gasteiger partial charge in [0.25, 0.3) is 11.8 Å². The van der Waals surface area contributed by atoms with Crippen LogP contribution in [-0.4, -0.2) is 132 Å². The molecule has 4 saturated carbocycles. The van der Waals surface area contributed by atoms with Crippen LogP contribution in [0.25, 0.3) is 32.7 Å². The summed E-state index contributed by atoms with van der Waals surface area (Å²) in [6.45, 7) is 15.6. The third-order valence-electron chi connectivity index (χ3n) is 22.8. The van der Waals surface area contributed by atoms with Crippen molar-refractivity contribution in [2.45, 2.75) is 174 Å². The van der Waals surface area contributed by atoms with Crippen molar-refractivity contribution in [2.75, 3.05) is 16.0 Å². The molecule has 3 aromatic heterocycles. The van der Waals surface area contributed by atoms with Crippen LogP contribution in [-0.2, 0) is 38.1 Å². The van der Waals surface area contributed by atoms with Gasteiger partial charge in [-0.2, -0.15) is 0 Å². The molecule has 19 unspecified atom stereocenters. The number of hydrogen-bond donors (Lipinski definition) is 8. The smallest absolute Gasteiger partial charge is 0.256 e. The van der Waals surface area contributed by atoms with Gasteiger partial charge < -0.3 is 60.4 Å². The van der Waals surface area contributed by atoms with Gasteiger partial charge in [-0.25, -0.2) is 0 Å². The standard InChI is InChI=1S/C69H80N6O13/c1-64(2)48-20-23-69(7)58(47(76)31-42-43-32-66(4,25-24-65(43,3)26-27-68(42,69)6)63(84)75-41-30-38-16-10-13-19-46(38)72-35-41)67(48,5)22-21-49(64)85-62-57(53(80)52(79)56(87-62)60(83)74-40-29-37-15-9-12-18-45(37)71-34-40)88-61-54(81)50(77)51(78)55(86-61)59(82)73-39-28-36-14-8-11-17-44(36)70-33-39/h8-19,28-31,33-35,43,48-58,61-62,77-81H,20-27,32H2,1-7H3,(H,73,82)(H,74,83)(H,75,84). The Labute approximate surface area is 511 Å². The molecule has 2 aliphatic heterocycles. The second kappa shape index (κ2) is 22.1. The summed E-state index contributed by atoms with van der Waals surface area (Å²) in [5.74, 6) is -2.11. The molecule has 88 heavy (non-hydrogen) atoms. The number of anilines is 3. The van der Waals surface area contributed by atoms with E-state index in [2.05, 4.69) is 79.4 Å². The van der Waals surface area contributed by atoms with E-state index in [1.807, 2.05) is 78.9 Å². The monoisotopic (exact) mass is 1200 g/mol. The molecule has 0 bridgehead atoms. The van der Waals surface area contributed by atoms with Crippen LogP contribution in [0.3, 0.4) is 0 Å². The highest BCUT2D eigenvalue weighted by atomic mass is 16.8. The first kappa shape index (κ1) is 60.3. The number of nitrogens with zero attached hydrogens (tertiary/aromatic N) is 3. The van der Waals surface area contributed by atoms with E-state index in [0.29, 0.717) is 41.7 Å². The number of rotatable bonds is 10. The molecule has 6 fully saturated rings. The fourth-order valence-corrected chi connectivity index (χ4v) is 17.5. The van der Waals surface area contributed by atoms with Crippen LogP contribution in [0.15, 0.2) is 121 Å². The van der Waals surface area contributed by atoms with Gasteiger partial charge in [0.05, 0.1) is 58.3 Å². The van der Waals surface area contributed by atoms with Crippen LogP contribution < -0.4 is 16.0 Å². The van der Waals surface area contributed by atoms with E-state index in [4.69, 9.17) is 18.9 Å². The molecule has 2 saturated heterocycles. The summed E-state index contributed by atoms with van der Waals surface area (Å²) in [5.41, 5.74) is 1.79. The molecule has 3 amide bonds. The Balaban J connectivity index is 0.768. The van der Waals surface area contributed by atoms with Gasteiger partial charge in [0, 0.05) is 27.5 Å². The van der Waals surface area contributed by atoms with Crippen LogP contribution in [0.5, 0.6) is 0 Å². The van der Waals surface area contributed by atoms with Gasteiger partial charge in [-0.3, -0.25) is 34.1 Å². The number of fused-ring (bicyclic) bond motifs is 10. The molecule has 3 aromatic carbocycles. The van der Waals surface area contributed by atoms with E-state index in [-0.39, 0.29) is 46.0 Å². The highest BCUT2D eigenvalue weighted by Crippen LogP contribution is 2.75. The summed E-state index contributed by atoms with van der Waals surface area (Å²) in [6.07, 6.45) is -6.34. The molecular weight excluding hydrogens is 1120 g/mol. The maximum atomic E-state index is 15.6. The quantitative estimate of drug-likeness (QED) is 0.0596. The zero-order chi connectivity index (χ0) is 62.0. The first-order valence-corrected chi connectivity index (χ1v) is 31.1. The van der Waals surface area contributed by atoms with Crippen molar-refractivity contribution >= 4 is 73.3 Å². The number of nitrogens with one attached hydrogen (secondary N) is 3. The molecule has 8 N–H and O–H groups in total. The Morgan fingerprint density at radius 1 is 0.568 bits per heavy atom. The van der Waals surface area contributed by atoms with Crippen molar-refractivity contribution in [1.82, 2.24) is 15.0 Å². The molecule has 464 valence electrons. The number of aromatic nitrogens is 3. The SMILES string of the molecule is CC1(C(=O)Nc2cnc3ccccc3c2)CCC2(C)CCC3(C)C(=CC(=O)C4C5(C)CCC(OC6OC(C(=O)Nc7cnc8ccccc8c7)C(O)C(O)C6OC6OC(C(=O)Nc7cnc8ccccc8c7)C(O)C(O)C6O)C(C)(C)C5CCC43C)C2C1. The minimum Gasteiger partial charge on any atom is -0.387 e. The first-order valence-electron chi connectivity index (χ1n) is 31.1. The van der Waals surface area contributed by atoms with E-state index >= 15 is 4.79 Å². The van der Waals surface area contributed by atoms with Crippen molar-refractivity contribution < 1.29 is 63.7 Å². The van der Waals surface area contributed by atoms with Crippen LogP contribution in [0.2, 0.25) is 0 Å². The van der Waals surface area contributed by atoms with Crippen LogP contribution in [0.4, 0.5) is 17.1 Å². The van der Waals surface area contributed by atoms with Gasteiger partial charge in [0.2, 0.25) is 5.91 Å². The number of ether oxygens (including phenoxy) is 4. The zero-order valence-electron chi connectivity index (χ0n) is 50.8. The number of carbonyl (C=O) groups excluding carboxylic acids is 4. The molecule has 19 atom stereocenters. The van der Waals surface area contributed by atoms with Gasteiger partial charge in [0.15, 0.2) is 30.6 Å². The minimum absolute atomic E-state index is 0.0115. The molecule has 13 rings (SSSR count). The molecule has 5 aliphatic carbocycles. The van der Waals surface area contributed by atoms with Gasteiger partial charge in [-0.05, 0) is 139 Å². The number of para-hydroxylation sites is 3. The van der Waals surface area contributed by atoms with Gasteiger partial charge in [0.1, 0.15) is 36.6 Å². The predicted molar refractivity (Wildman–Crippen MR) is 328 cm³/mol. The topological polar surface area (TPSA) is 281 Å². The fraction of sp³-hybridized carbons (Fsp3) is 0.522. The average Bonchev–Trinajstić information content (AvgIpc) is 0.676. The van der Waals surface area contributed by atoms with Crippen LogP contribution in [0.1, 0.15) is 106 Å². The summed E-state index contributed by atoms with van der Waals surface area (Å²) in [7, 11) is 0. The zero-order valence-corrected chi connectivity index (χ0v) is 50.8. The molecule has 0 spiro atoms. The lowest BCUT2D eigenvalue weighted by molar-refractivity contribution is -0.369. The first-order chi connectivity index (χ1) is 41.8. The predicted octanol–water partition coefficient (Wildman–Crippen LogP) is 8.55. The molecule has 6 aromatic rings. The second-order valence-electron chi connectivity index (χ2n) is 28.3. The molecule has 19 heteroatoms. The summed E-state index contributed by atoms with van der Waals surface area (Å²) in [5, 5.41) is 69.2. The lowest BCUT2D eigenvalue weighted by atomic mass is 9.33. The van der Waals surface area contributed by atoms with Gasteiger partial charge in [-0.1, -0.05) is 109 Å². The van der Waals surface area contributed by atoms with E-state index < -0.39 is 101 Å². The number of amides is 3. The minimum atomic E-state index is -2.00. The summed E-state index contributed by atoms with van der Waals surface area (Å²) >= 11 is 0. The van der Waals surface area contributed by atoms with Crippen LogP contribution >= 0.6 is 0 Å². The largest absolute Gasteiger partial charge is 0.387 e. The number of carbonyl (C=O) groups is 4. The number of allylic oxidation sites excluding steroid dienone is 2. The van der Waals surface area contributed by atoms with E-state index in [9.17, 15) is 39.9 Å². The molecule has 7 aliphatic rings. The number of aliphatic hydroxyl groups excluding tert-OH is 5. The maximum absolute atomic E-state index is 15.6. The number of ketones is 1. The fourth-order valence-electron chi connectivity index (χ4n) is 17.5. The molecule has 5 heterocycles. The molecule has 19 nitrogen and oxygen atoms in total. The maximum Gasteiger partial charge on any atom is 0.256 e. The molecular formula is C69H80N6O13. The summed E-state index contributed by atoms with van der Waals surface area (Å²) in [4.78, 5) is 71.8. The van der Waals surface area contributed by atoms with Gasteiger partial charge in [-0.15, -0.1) is 0 Å². The van der Waals surface area contributed by atoms with Crippen molar-refractivity contribution in [3.63, 3.8) is 0 Å². The lowest BCUT2D eigenvalue weighted by Gasteiger charge is -2.70. The normalized spacial score (nSPS) is 38.6. The average molecular weight is 1200 g/mol. The Hall–Kier alpha value is -6.65. The Kier molecular flexibility index (Phi) is 15.1. The molecule has 0 radical (unpaired) electrons. The van der Waals surface area contributed by atoms with Crippen LogP contribution in [0, 0.1) is 50.2 Å². The van der Waals surface area contributed by atoms with Crippen molar-refractivity contribution in [2.24, 2.45) is 50.2 Å². The number of benzene rings is 3.